The molecule has 1 aliphatic rings. The quantitative estimate of drug-likeness (QED) is 0.522. The van der Waals surface area contributed by atoms with Gasteiger partial charge in [0.2, 0.25) is 0 Å². The number of nitrogens with zero attached hydrogens (tertiary/aromatic N) is 2. The first-order valence-electron chi connectivity index (χ1n) is 8.83. The highest BCUT2D eigenvalue weighted by Crippen LogP contribution is 2.33. The van der Waals surface area contributed by atoms with E-state index < -0.39 is 34.2 Å². The molecule has 0 spiro atoms. The Labute approximate surface area is 167 Å². The van der Waals surface area contributed by atoms with Crippen molar-refractivity contribution in [1.29, 1.82) is 0 Å². The van der Waals surface area contributed by atoms with E-state index in [1.807, 2.05) is 19.1 Å². The molecule has 2 heterocycles. The van der Waals surface area contributed by atoms with Gasteiger partial charge < -0.3 is 15.4 Å². The molecule has 2 aromatic rings. The third kappa shape index (κ3) is 4.62. The summed E-state index contributed by atoms with van der Waals surface area (Å²) in [5.41, 5.74) is 2.22. The van der Waals surface area contributed by atoms with E-state index in [4.69, 9.17) is 0 Å². The van der Waals surface area contributed by atoms with Crippen LogP contribution in [0.25, 0.3) is 5.69 Å². The minimum Gasteiger partial charge on any atom is -0.465 e. The van der Waals surface area contributed by atoms with Crippen molar-refractivity contribution in [3.63, 3.8) is 0 Å². The lowest BCUT2D eigenvalue weighted by Crippen LogP contribution is -2.39. The topological polar surface area (TPSA) is 136 Å². The van der Waals surface area contributed by atoms with E-state index in [-0.39, 0.29) is 23.9 Å². The van der Waals surface area contributed by atoms with Gasteiger partial charge in [0.15, 0.2) is 9.84 Å². The largest absolute Gasteiger partial charge is 0.465 e. The molecule has 0 bridgehead atoms. The first kappa shape index (κ1) is 20.5. The summed E-state index contributed by atoms with van der Waals surface area (Å²) >= 11 is 0. The number of amides is 2. The maximum absolute atomic E-state index is 12.3. The number of aromatic nitrogens is 2. The van der Waals surface area contributed by atoms with Crippen molar-refractivity contribution in [3.05, 3.63) is 41.1 Å². The second-order valence-electron chi connectivity index (χ2n) is 6.50. The molecule has 154 valence electrons. The molecule has 3 rings (SSSR count). The van der Waals surface area contributed by atoms with Gasteiger partial charge in [-0.15, -0.1) is 0 Å². The van der Waals surface area contributed by atoms with E-state index in [2.05, 4.69) is 20.5 Å². The number of esters is 1. The molecule has 2 amide bonds. The number of carbonyl (C=O) groups is 3. The minimum absolute atomic E-state index is 0.114. The number of ether oxygens (including phenoxy) is 1. The van der Waals surface area contributed by atoms with Crippen molar-refractivity contribution in [1.82, 2.24) is 15.1 Å². The first-order valence-corrected chi connectivity index (χ1v) is 10.7. The van der Waals surface area contributed by atoms with Gasteiger partial charge in [0, 0.05) is 5.56 Å². The third-order valence-electron chi connectivity index (χ3n) is 4.17. The van der Waals surface area contributed by atoms with Crippen LogP contribution >= 0.6 is 0 Å². The van der Waals surface area contributed by atoms with Gasteiger partial charge in [-0.25, -0.2) is 13.1 Å². The highest BCUT2D eigenvalue weighted by atomic mass is 32.2. The summed E-state index contributed by atoms with van der Waals surface area (Å²) in [7, 11) is -3.36. The molecular formula is C18H20N4O6S. The molecule has 0 atom stereocenters. The van der Waals surface area contributed by atoms with Gasteiger partial charge in [0.1, 0.15) is 12.4 Å². The SMILES string of the molecule is CCOC(=O)CNC(=O)C(=O)Nc1c2c(nn1-c1cccc(C)c1)CS(=O)(=O)C2. The van der Waals surface area contributed by atoms with Crippen molar-refractivity contribution >= 4 is 33.4 Å². The zero-order valence-corrected chi connectivity index (χ0v) is 16.7. The van der Waals surface area contributed by atoms with Crippen LogP contribution in [0.4, 0.5) is 5.82 Å². The minimum atomic E-state index is -3.36. The highest BCUT2D eigenvalue weighted by molar-refractivity contribution is 7.90. The molecule has 10 nitrogen and oxygen atoms in total. The predicted octanol–water partition coefficient (Wildman–Crippen LogP) is 0.227. The molecule has 0 saturated carbocycles. The Morgan fingerprint density at radius 2 is 1.97 bits per heavy atom. The normalized spacial score (nSPS) is 14.1. The van der Waals surface area contributed by atoms with Crippen LogP contribution in [0.15, 0.2) is 24.3 Å². The summed E-state index contributed by atoms with van der Waals surface area (Å²) in [5, 5.41) is 8.92. The lowest BCUT2D eigenvalue weighted by Gasteiger charge is -2.11. The Kier molecular flexibility index (Phi) is 5.69. The maximum Gasteiger partial charge on any atom is 0.325 e. The van der Waals surface area contributed by atoms with E-state index in [0.29, 0.717) is 16.9 Å². The molecule has 0 saturated heterocycles. The Balaban J connectivity index is 1.87. The van der Waals surface area contributed by atoms with Gasteiger partial charge in [0.05, 0.1) is 29.5 Å². The molecule has 1 aliphatic heterocycles. The molecule has 0 aliphatic carbocycles. The number of aryl methyl sites for hydroxylation is 1. The standard InChI is InChI=1S/C18H20N4O6S/c1-3-28-15(23)8-19-17(24)18(25)20-16-13-9-29(26,27)10-14(13)21-22(16)12-6-4-5-11(2)7-12/h4-7H,3,8-10H2,1-2H3,(H,19,24)(H,20,25). The van der Waals surface area contributed by atoms with Gasteiger partial charge in [-0.1, -0.05) is 12.1 Å². The van der Waals surface area contributed by atoms with Crippen molar-refractivity contribution in [2.75, 3.05) is 18.5 Å². The van der Waals surface area contributed by atoms with Gasteiger partial charge >= 0.3 is 17.8 Å². The third-order valence-corrected chi connectivity index (χ3v) is 5.61. The highest BCUT2D eigenvalue weighted by Gasteiger charge is 2.34. The molecule has 2 N–H and O–H groups in total. The molecule has 0 fully saturated rings. The number of rotatable bonds is 5. The van der Waals surface area contributed by atoms with Gasteiger partial charge in [-0.3, -0.25) is 14.4 Å². The summed E-state index contributed by atoms with van der Waals surface area (Å²) in [6.45, 7) is 3.20. The second-order valence-corrected chi connectivity index (χ2v) is 8.56. The molecule has 1 aromatic heterocycles. The lowest BCUT2D eigenvalue weighted by atomic mass is 10.2. The monoisotopic (exact) mass is 420 g/mol. The van der Waals surface area contributed by atoms with E-state index >= 15 is 0 Å². The van der Waals surface area contributed by atoms with E-state index in [1.54, 1.807) is 19.1 Å². The van der Waals surface area contributed by atoms with E-state index in [0.717, 1.165) is 5.56 Å². The first-order chi connectivity index (χ1) is 13.7. The lowest BCUT2D eigenvalue weighted by molar-refractivity contribution is -0.144. The number of hydrogen-bond acceptors (Lipinski definition) is 7. The van der Waals surface area contributed by atoms with Gasteiger partial charge in [-0.2, -0.15) is 5.10 Å². The Bertz CT molecular complexity index is 1090. The summed E-state index contributed by atoms with van der Waals surface area (Å²) in [4.78, 5) is 35.7. The fraction of sp³-hybridized carbons (Fsp3) is 0.333. The summed E-state index contributed by atoms with van der Waals surface area (Å²) < 4.78 is 30.0. The number of fused-ring (bicyclic) bond motifs is 1. The molecular weight excluding hydrogens is 400 g/mol. The molecule has 29 heavy (non-hydrogen) atoms. The average molecular weight is 420 g/mol. The van der Waals surface area contributed by atoms with Crippen LogP contribution in [0.5, 0.6) is 0 Å². The second kappa shape index (κ2) is 8.03. The average Bonchev–Trinajstić information content (AvgIpc) is 3.12. The zero-order valence-electron chi connectivity index (χ0n) is 15.9. The summed E-state index contributed by atoms with van der Waals surface area (Å²) in [6.07, 6.45) is 0. The number of sulfone groups is 1. The van der Waals surface area contributed by atoms with Crippen LogP contribution < -0.4 is 10.6 Å². The molecule has 0 unspecified atom stereocenters. The number of hydrogen-bond donors (Lipinski definition) is 2. The van der Waals surface area contributed by atoms with Crippen LogP contribution in [0.2, 0.25) is 0 Å². The molecule has 0 radical (unpaired) electrons. The Hall–Kier alpha value is -3.21. The summed E-state index contributed by atoms with van der Waals surface area (Å²) in [5.74, 6) is -3.18. The fourth-order valence-corrected chi connectivity index (χ4v) is 4.42. The number of carbonyl (C=O) groups excluding carboxylic acids is 3. The van der Waals surface area contributed by atoms with Crippen molar-refractivity contribution in [3.8, 4) is 5.69 Å². The number of anilines is 1. The van der Waals surface area contributed by atoms with Gasteiger partial charge in [0.25, 0.3) is 0 Å². The molecule has 1 aromatic carbocycles. The van der Waals surface area contributed by atoms with Crippen molar-refractivity contribution in [2.24, 2.45) is 0 Å². The Morgan fingerprint density at radius 3 is 2.66 bits per heavy atom. The van der Waals surface area contributed by atoms with Crippen molar-refractivity contribution in [2.45, 2.75) is 25.4 Å². The van der Waals surface area contributed by atoms with Crippen LogP contribution in [-0.2, 0) is 40.5 Å². The van der Waals surface area contributed by atoms with Gasteiger partial charge in [-0.05, 0) is 31.5 Å². The van der Waals surface area contributed by atoms with Crippen molar-refractivity contribution < 1.29 is 27.5 Å². The van der Waals surface area contributed by atoms with E-state index in [9.17, 15) is 22.8 Å². The van der Waals surface area contributed by atoms with E-state index in [1.165, 1.54) is 4.68 Å². The smallest absolute Gasteiger partial charge is 0.325 e. The zero-order chi connectivity index (χ0) is 21.2. The fourth-order valence-electron chi connectivity index (χ4n) is 2.93. The van der Waals surface area contributed by atoms with Crippen LogP contribution in [0.1, 0.15) is 23.7 Å². The summed E-state index contributed by atoms with van der Waals surface area (Å²) in [6, 6.07) is 7.24. The maximum atomic E-state index is 12.3. The van der Waals surface area contributed by atoms with Crippen LogP contribution in [0, 0.1) is 6.92 Å². The van der Waals surface area contributed by atoms with Crippen LogP contribution in [-0.4, -0.2) is 49.1 Å². The van der Waals surface area contributed by atoms with Crippen LogP contribution in [0.3, 0.4) is 0 Å². The number of nitrogens with one attached hydrogen (secondary N) is 2. The predicted molar refractivity (Wildman–Crippen MR) is 103 cm³/mol. The Morgan fingerprint density at radius 1 is 1.21 bits per heavy atom. The molecule has 11 heteroatoms. The number of benzene rings is 1.